The number of nitrogens with zero attached hydrogens (tertiary/aromatic N) is 2. The summed E-state index contributed by atoms with van der Waals surface area (Å²) in [6.07, 6.45) is 1.09. The van der Waals surface area contributed by atoms with Crippen molar-refractivity contribution in [2.24, 2.45) is 0 Å². The predicted molar refractivity (Wildman–Crippen MR) is 62.0 cm³/mol. The molecule has 0 radical (unpaired) electrons. The van der Waals surface area contributed by atoms with Crippen molar-refractivity contribution in [3.05, 3.63) is 21.9 Å². The molecule has 0 fully saturated rings. The minimum absolute atomic E-state index is 0.189. The quantitative estimate of drug-likeness (QED) is 0.753. The number of carbonyl (C=O) groups is 1. The van der Waals surface area contributed by atoms with E-state index in [-0.39, 0.29) is 5.91 Å². The third-order valence-corrected chi connectivity index (χ3v) is 3.77. The van der Waals surface area contributed by atoms with E-state index in [1.54, 1.807) is 4.90 Å². The lowest BCUT2D eigenvalue weighted by atomic mass is 10.1. The van der Waals surface area contributed by atoms with Gasteiger partial charge in [0.1, 0.15) is 0 Å². The van der Waals surface area contributed by atoms with Gasteiger partial charge < -0.3 is 4.90 Å². The topological polar surface area (TPSA) is 23.6 Å². The van der Waals surface area contributed by atoms with Crippen LogP contribution in [0.5, 0.6) is 0 Å². The molecule has 2 rings (SSSR count). The monoisotopic (exact) mass is 224 g/mol. The molecule has 2 heterocycles. The summed E-state index contributed by atoms with van der Waals surface area (Å²) in [5.41, 5.74) is 1.40. The highest BCUT2D eigenvalue weighted by Crippen LogP contribution is 2.23. The van der Waals surface area contributed by atoms with Gasteiger partial charge in [-0.2, -0.15) is 0 Å². The molecule has 0 atom stereocenters. The third-order valence-electron chi connectivity index (χ3n) is 2.74. The van der Waals surface area contributed by atoms with Crippen LogP contribution in [0.2, 0.25) is 0 Å². The van der Waals surface area contributed by atoms with Gasteiger partial charge in [0.15, 0.2) is 0 Å². The molecule has 1 aromatic rings. The predicted octanol–water partition coefficient (Wildman–Crippen LogP) is 1.19. The lowest BCUT2D eigenvalue weighted by Gasteiger charge is -2.27. The second-order valence-corrected chi connectivity index (χ2v) is 5.12. The molecule has 82 valence electrons. The first-order valence-electron chi connectivity index (χ1n) is 5.14. The highest BCUT2D eigenvalue weighted by atomic mass is 32.1. The Balaban J connectivity index is 1.96. The van der Waals surface area contributed by atoms with Gasteiger partial charge in [0.05, 0.1) is 6.54 Å². The molecule has 0 unspecified atom stereocenters. The number of rotatable bonds is 2. The number of hydrogen-bond acceptors (Lipinski definition) is 3. The minimum atomic E-state index is 0.189. The number of carbonyl (C=O) groups excluding carboxylic acids is 1. The number of likely N-dealkylation sites (N-methyl/N-ethyl adjacent to an activating group) is 1. The minimum Gasteiger partial charge on any atom is -0.348 e. The fourth-order valence-electron chi connectivity index (χ4n) is 1.77. The molecule has 3 nitrogen and oxygen atoms in total. The van der Waals surface area contributed by atoms with Crippen LogP contribution in [0.1, 0.15) is 10.4 Å². The fourth-order valence-corrected chi connectivity index (χ4v) is 2.66. The number of fused-ring (bicyclic) bond motifs is 1. The van der Waals surface area contributed by atoms with Crippen LogP contribution in [-0.4, -0.2) is 42.9 Å². The molecule has 0 saturated carbocycles. The SMILES string of the molecule is CN(C)C(=O)CN1CCc2sccc2C1. The summed E-state index contributed by atoms with van der Waals surface area (Å²) in [5.74, 6) is 0.189. The maximum atomic E-state index is 11.5. The van der Waals surface area contributed by atoms with Crippen molar-refractivity contribution in [1.82, 2.24) is 9.80 Å². The summed E-state index contributed by atoms with van der Waals surface area (Å²) in [4.78, 5) is 16.9. The molecule has 4 heteroatoms. The van der Waals surface area contributed by atoms with E-state index in [2.05, 4.69) is 16.3 Å². The van der Waals surface area contributed by atoms with Crippen LogP contribution < -0.4 is 0 Å². The van der Waals surface area contributed by atoms with E-state index >= 15 is 0 Å². The maximum Gasteiger partial charge on any atom is 0.236 e. The fraction of sp³-hybridized carbons (Fsp3) is 0.545. The largest absolute Gasteiger partial charge is 0.348 e. The van der Waals surface area contributed by atoms with E-state index in [0.717, 1.165) is 19.5 Å². The van der Waals surface area contributed by atoms with Crippen LogP contribution in [0.4, 0.5) is 0 Å². The highest BCUT2D eigenvalue weighted by Gasteiger charge is 2.19. The molecule has 0 saturated heterocycles. The Hall–Kier alpha value is -0.870. The van der Waals surface area contributed by atoms with Crippen molar-refractivity contribution >= 4 is 17.2 Å². The Morgan fingerprint density at radius 1 is 1.60 bits per heavy atom. The molecule has 0 bridgehead atoms. The second kappa shape index (κ2) is 4.33. The summed E-state index contributed by atoms with van der Waals surface area (Å²) >= 11 is 1.83. The van der Waals surface area contributed by atoms with Crippen molar-refractivity contribution in [2.45, 2.75) is 13.0 Å². The zero-order valence-corrected chi connectivity index (χ0v) is 10.0. The maximum absolute atomic E-state index is 11.5. The van der Waals surface area contributed by atoms with E-state index in [1.165, 1.54) is 10.4 Å². The van der Waals surface area contributed by atoms with Gasteiger partial charge in [0.2, 0.25) is 5.91 Å². The zero-order chi connectivity index (χ0) is 10.8. The average Bonchev–Trinajstić information content (AvgIpc) is 2.64. The summed E-state index contributed by atoms with van der Waals surface area (Å²) in [6, 6.07) is 2.17. The van der Waals surface area contributed by atoms with E-state index in [4.69, 9.17) is 0 Å². The highest BCUT2D eigenvalue weighted by molar-refractivity contribution is 7.10. The van der Waals surface area contributed by atoms with E-state index in [9.17, 15) is 4.79 Å². The molecule has 1 aliphatic rings. The first kappa shape index (κ1) is 10.6. The molecular weight excluding hydrogens is 208 g/mol. The first-order chi connectivity index (χ1) is 7.16. The van der Waals surface area contributed by atoms with Crippen LogP contribution in [0.3, 0.4) is 0 Å². The van der Waals surface area contributed by atoms with Gasteiger partial charge in [-0.05, 0) is 23.4 Å². The lowest BCUT2D eigenvalue weighted by molar-refractivity contribution is -0.130. The van der Waals surface area contributed by atoms with Crippen molar-refractivity contribution in [3.63, 3.8) is 0 Å². The van der Waals surface area contributed by atoms with Crippen LogP contribution >= 0.6 is 11.3 Å². The summed E-state index contributed by atoms with van der Waals surface area (Å²) < 4.78 is 0. The van der Waals surface area contributed by atoms with E-state index < -0.39 is 0 Å². The molecular formula is C11H16N2OS. The Labute approximate surface area is 94.3 Å². The van der Waals surface area contributed by atoms with Gasteiger partial charge in [-0.25, -0.2) is 0 Å². The van der Waals surface area contributed by atoms with Crippen LogP contribution in [0.15, 0.2) is 11.4 Å². The van der Waals surface area contributed by atoms with Crippen LogP contribution in [0, 0.1) is 0 Å². The first-order valence-corrected chi connectivity index (χ1v) is 6.02. The zero-order valence-electron chi connectivity index (χ0n) is 9.19. The normalized spacial score (nSPS) is 16.1. The van der Waals surface area contributed by atoms with Gasteiger partial charge in [-0.15, -0.1) is 11.3 Å². The standard InChI is InChI=1S/C11H16N2OS/c1-12(2)11(14)8-13-5-3-10-9(7-13)4-6-15-10/h4,6H,3,5,7-8H2,1-2H3. The second-order valence-electron chi connectivity index (χ2n) is 4.12. The van der Waals surface area contributed by atoms with E-state index in [1.807, 2.05) is 25.4 Å². The van der Waals surface area contributed by atoms with Crippen molar-refractivity contribution in [1.29, 1.82) is 0 Å². The average molecular weight is 224 g/mol. The molecule has 0 aliphatic carbocycles. The van der Waals surface area contributed by atoms with Gasteiger partial charge in [0.25, 0.3) is 0 Å². The number of thiophene rings is 1. The molecule has 0 N–H and O–H groups in total. The van der Waals surface area contributed by atoms with Crippen LogP contribution in [0.25, 0.3) is 0 Å². The molecule has 0 spiro atoms. The van der Waals surface area contributed by atoms with Crippen molar-refractivity contribution < 1.29 is 4.79 Å². The van der Waals surface area contributed by atoms with Crippen molar-refractivity contribution in [2.75, 3.05) is 27.2 Å². The number of hydrogen-bond donors (Lipinski definition) is 0. The molecule has 1 aromatic heterocycles. The number of amides is 1. The summed E-state index contributed by atoms with van der Waals surface area (Å²) in [5, 5.41) is 2.14. The Morgan fingerprint density at radius 2 is 2.40 bits per heavy atom. The molecule has 1 amide bonds. The van der Waals surface area contributed by atoms with E-state index in [0.29, 0.717) is 6.54 Å². The third kappa shape index (κ3) is 2.38. The van der Waals surface area contributed by atoms with Gasteiger partial charge in [-0.1, -0.05) is 0 Å². The van der Waals surface area contributed by atoms with Gasteiger partial charge in [-0.3, -0.25) is 9.69 Å². The molecule has 0 aromatic carbocycles. The lowest BCUT2D eigenvalue weighted by Crippen LogP contribution is -2.39. The Bertz CT molecular complexity index is 359. The van der Waals surface area contributed by atoms with Gasteiger partial charge >= 0.3 is 0 Å². The Kier molecular flexibility index (Phi) is 3.07. The molecule has 15 heavy (non-hydrogen) atoms. The van der Waals surface area contributed by atoms with Crippen LogP contribution in [-0.2, 0) is 17.8 Å². The van der Waals surface area contributed by atoms with Crippen molar-refractivity contribution in [3.8, 4) is 0 Å². The smallest absolute Gasteiger partial charge is 0.236 e. The summed E-state index contributed by atoms with van der Waals surface area (Å²) in [7, 11) is 3.62. The molecule has 1 aliphatic heterocycles. The summed E-state index contributed by atoms with van der Waals surface area (Å²) in [6.45, 7) is 2.48. The Morgan fingerprint density at radius 3 is 3.13 bits per heavy atom. The van der Waals surface area contributed by atoms with Gasteiger partial charge in [0, 0.05) is 32.1 Å².